The Morgan fingerprint density at radius 2 is 2.32 bits per heavy atom. The maximum absolute atomic E-state index is 4.47. The van der Waals surface area contributed by atoms with Crippen molar-refractivity contribution in [2.24, 2.45) is 0 Å². The van der Waals surface area contributed by atoms with Gasteiger partial charge in [0.2, 0.25) is 0 Å². The summed E-state index contributed by atoms with van der Waals surface area (Å²) in [5, 5.41) is 9.96. The third-order valence-corrected chi connectivity index (χ3v) is 4.53. The molecule has 0 amide bonds. The molecule has 0 aliphatic heterocycles. The summed E-state index contributed by atoms with van der Waals surface area (Å²) >= 11 is 5.38. The van der Waals surface area contributed by atoms with Gasteiger partial charge in [-0.15, -0.1) is 11.3 Å². The molecule has 1 N–H and O–H groups in total. The zero-order valence-corrected chi connectivity index (χ0v) is 13.8. The largest absolute Gasteiger partial charge is 0.308 e. The van der Waals surface area contributed by atoms with Gasteiger partial charge >= 0.3 is 0 Å². The lowest BCUT2D eigenvalue weighted by Crippen LogP contribution is -2.25. The van der Waals surface area contributed by atoms with E-state index in [1.54, 1.807) is 11.3 Å². The minimum atomic E-state index is 0.180. The Labute approximate surface area is 126 Å². The maximum atomic E-state index is 4.47. The number of likely N-dealkylation sites (N-methyl/N-ethyl adjacent to an activating group) is 1. The Hall–Kier alpha value is -0.690. The molecular formula is C13H19BrN4S. The van der Waals surface area contributed by atoms with E-state index in [4.69, 9.17) is 0 Å². The van der Waals surface area contributed by atoms with Crippen molar-refractivity contribution in [3.05, 3.63) is 38.8 Å². The Kier molecular flexibility index (Phi) is 5.15. The molecule has 104 valence electrons. The third-order valence-electron chi connectivity index (χ3n) is 2.98. The molecule has 0 aromatic carbocycles. The van der Waals surface area contributed by atoms with Crippen LogP contribution in [0.4, 0.5) is 0 Å². The Bertz CT molecular complexity index is 507. The first-order valence-corrected chi connectivity index (χ1v) is 7.87. The molecule has 0 aliphatic rings. The molecule has 0 fully saturated rings. The van der Waals surface area contributed by atoms with Gasteiger partial charge in [-0.2, -0.15) is 5.10 Å². The molecule has 2 rings (SSSR count). The van der Waals surface area contributed by atoms with E-state index in [1.165, 1.54) is 10.6 Å². The molecule has 2 heterocycles. The number of aromatic nitrogens is 2. The molecule has 2 aromatic heterocycles. The highest BCUT2D eigenvalue weighted by molar-refractivity contribution is 9.10. The van der Waals surface area contributed by atoms with Gasteiger partial charge in [-0.3, -0.25) is 4.68 Å². The van der Waals surface area contributed by atoms with E-state index in [2.05, 4.69) is 67.5 Å². The van der Waals surface area contributed by atoms with Crippen LogP contribution >= 0.6 is 27.3 Å². The predicted octanol–water partition coefficient (Wildman–Crippen LogP) is 2.58. The zero-order chi connectivity index (χ0) is 13.8. The standard InChI is InChI=1S/C13H19BrN4S/c1-15-12(11-5-4-8-19-11)13-10(14)9-16-18(13)7-6-17(2)3/h4-5,8-9,12,15H,6-7H2,1-3H3. The zero-order valence-electron chi connectivity index (χ0n) is 11.4. The summed E-state index contributed by atoms with van der Waals surface area (Å²) in [5.74, 6) is 0. The van der Waals surface area contributed by atoms with Gasteiger partial charge in [-0.1, -0.05) is 6.07 Å². The summed E-state index contributed by atoms with van der Waals surface area (Å²) < 4.78 is 3.13. The van der Waals surface area contributed by atoms with Gasteiger partial charge < -0.3 is 10.2 Å². The molecule has 2 aromatic rings. The fraction of sp³-hybridized carbons (Fsp3) is 0.462. The minimum Gasteiger partial charge on any atom is -0.308 e. The SMILES string of the molecule is CNC(c1cccs1)c1c(Br)cnn1CCN(C)C. The lowest BCUT2D eigenvalue weighted by molar-refractivity contribution is 0.366. The number of nitrogens with zero attached hydrogens (tertiary/aromatic N) is 3. The van der Waals surface area contributed by atoms with Crippen molar-refractivity contribution in [1.82, 2.24) is 20.0 Å². The first-order chi connectivity index (χ1) is 9.13. The number of hydrogen-bond donors (Lipinski definition) is 1. The molecule has 19 heavy (non-hydrogen) atoms. The molecule has 6 heteroatoms. The third kappa shape index (κ3) is 3.45. The van der Waals surface area contributed by atoms with Crippen molar-refractivity contribution in [2.75, 3.05) is 27.7 Å². The van der Waals surface area contributed by atoms with Crippen molar-refractivity contribution in [3.8, 4) is 0 Å². The van der Waals surface area contributed by atoms with Crippen LogP contribution in [-0.4, -0.2) is 42.4 Å². The van der Waals surface area contributed by atoms with E-state index < -0.39 is 0 Å². The molecular weight excluding hydrogens is 324 g/mol. The van der Waals surface area contributed by atoms with Crippen LogP contribution in [-0.2, 0) is 6.54 Å². The average Bonchev–Trinajstić information content (AvgIpc) is 3.00. The molecule has 1 unspecified atom stereocenters. The van der Waals surface area contributed by atoms with Crippen molar-refractivity contribution in [1.29, 1.82) is 0 Å². The van der Waals surface area contributed by atoms with Crippen LogP contribution in [0.5, 0.6) is 0 Å². The number of nitrogens with one attached hydrogen (secondary N) is 1. The van der Waals surface area contributed by atoms with Gasteiger partial charge in [0.1, 0.15) is 0 Å². The minimum absolute atomic E-state index is 0.180. The fourth-order valence-corrected chi connectivity index (χ4v) is 3.36. The van der Waals surface area contributed by atoms with Gasteiger partial charge in [0.15, 0.2) is 0 Å². The monoisotopic (exact) mass is 342 g/mol. The number of halogens is 1. The Morgan fingerprint density at radius 1 is 1.53 bits per heavy atom. The van der Waals surface area contributed by atoms with Crippen molar-refractivity contribution < 1.29 is 0 Å². The topological polar surface area (TPSA) is 33.1 Å². The molecule has 4 nitrogen and oxygen atoms in total. The van der Waals surface area contributed by atoms with Crippen molar-refractivity contribution >= 4 is 27.3 Å². The van der Waals surface area contributed by atoms with Crippen LogP contribution < -0.4 is 5.32 Å². The highest BCUT2D eigenvalue weighted by Gasteiger charge is 2.21. The smallest absolute Gasteiger partial charge is 0.0851 e. The number of hydrogen-bond acceptors (Lipinski definition) is 4. The van der Waals surface area contributed by atoms with E-state index >= 15 is 0 Å². The lowest BCUT2D eigenvalue weighted by Gasteiger charge is -2.19. The first-order valence-electron chi connectivity index (χ1n) is 6.20. The first kappa shape index (κ1) is 14.7. The summed E-state index contributed by atoms with van der Waals surface area (Å²) in [4.78, 5) is 3.47. The van der Waals surface area contributed by atoms with Crippen molar-refractivity contribution in [3.63, 3.8) is 0 Å². The molecule has 0 saturated heterocycles. The quantitative estimate of drug-likeness (QED) is 0.875. The van der Waals surface area contributed by atoms with Gasteiger partial charge in [-0.05, 0) is 48.5 Å². The highest BCUT2D eigenvalue weighted by Crippen LogP contribution is 2.30. The van der Waals surface area contributed by atoms with Gasteiger partial charge in [-0.25, -0.2) is 0 Å². The second-order valence-electron chi connectivity index (χ2n) is 4.64. The molecule has 0 bridgehead atoms. The number of rotatable bonds is 6. The summed E-state index contributed by atoms with van der Waals surface area (Å²) in [6.45, 7) is 1.86. The van der Waals surface area contributed by atoms with Crippen LogP contribution in [0.15, 0.2) is 28.2 Å². The average molecular weight is 343 g/mol. The van der Waals surface area contributed by atoms with Crippen LogP contribution in [0.2, 0.25) is 0 Å². The molecule has 0 saturated carbocycles. The Morgan fingerprint density at radius 3 is 2.89 bits per heavy atom. The van der Waals surface area contributed by atoms with E-state index in [0.717, 1.165) is 17.6 Å². The van der Waals surface area contributed by atoms with Crippen LogP contribution in [0.3, 0.4) is 0 Å². The predicted molar refractivity (Wildman–Crippen MR) is 83.7 cm³/mol. The van der Waals surface area contributed by atoms with E-state index in [9.17, 15) is 0 Å². The number of thiophene rings is 1. The van der Waals surface area contributed by atoms with Gasteiger partial charge in [0.05, 0.1) is 29.0 Å². The lowest BCUT2D eigenvalue weighted by atomic mass is 10.1. The van der Waals surface area contributed by atoms with Crippen LogP contribution in [0, 0.1) is 0 Å². The van der Waals surface area contributed by atoms with Crippen molar-refractivity contribution in [2.45, 2.75) is 12.6 Å². The van der Waals surface area contributed by atoms with Gasteiger partial charge in [0, 0.05) is 11.4 Å². The summed E-state index contributed by atoms with van der Waals surface area (Å²) in [6.07, 6.45) is 1.88. The van der Waals surface area contributed by atoms with Crippen LogP contribution in [0.1, 0.15) is 16.6 Å². The normalized spacial score (nSPS) is 13.1. The summed E-state index contributed by atoms with van der Waals surface area (Å²) in [5.41, 5.74) is 1.19. The molecule has 0 aliphatic carbocycles. The second-order valence-corrected chi connectivity index (χ2v) is 6.47. The van der Waals surface area contributed by atoms with Crippen LogP contribution in [0.25, 0.3) is 0 Å². The van der Waals surface area contributed by atoms with E-state index in [0.29, 0.717) is 0 Å². The summed E-state index contributed by atoms with van der Waals surface area (Å²) in [6, 6.07) is 4.42. The Balaban J connectivity index is 2.29. The molecule has 0 spiro atoms. The maximum Gasteiger partial charge on any atom is 0.0851 e. The molecule has 0 radical (unpaired) electrons. The highest BCUT2D eigenvalue weighted by atomic mass is 79.9. The van der Waals surface area contributed by atoms with Gasteiger partial charge in [0.25, 0.3) is 0 Å². The van der Waals surface area contributed by atoms with E-state index in [-0.39, 0.29) is 6.04 Å². The van der Waals surface area contributed by atoms with E-state index in [1.807, 2.05) is 13.2 Å². The fourth-order valence-electron chi connectivity index (χ4n) is 2.00. The second kappa shape index (κ2) is 6.65. The molecule has 1 atom stereocenters. The summed E-state index contributed by atoms with van der Waals surface area (Å²) in [7, 11) is 6.14.